The Kier molecular flexibility index (Phi) is 4.45. The Bertz CT molecular complexity index is 589. The minimum Gasteiger partial charge on any atom is -0.393 e. The minimum absolute atomic E-state index is 0.0766. The average Bonchev–Trinajstić information content (AvgIpc) is 2.76. The van der Waals surface area contributed by atoms with Gasteiger partial charge in [0.1, 0.15) is 4.90 Å². The van der Waals surface area contributed by atoms with Gasteiger partial charge in [0.25, 0.3) is 0 Å². The normalized spacial score (nSPS) is 23.4. The van der Waals surface area contributed by atoms with Gasteiger partial charge in [-0.2, -0.15) is 0 Å². The second kappa shape index (κ2) is 5.75. The lowest BCUT2D eigenvalue weighted by Crippen LogP contribution is -2.41. The summed E-state index contributed by atoms with van der Waals surface area (Å²) < 4.78 is 27.3. The van der Waals surface area contributed by atoms with E-state index >= 15 is 0 Å². The molecular weight excluding hydrogens is 304 g/mol. The van der Waals surface area contributed by atoms with Crippen molar-refractivity contribution in [3.8, 4) is 0 Å². The van der Waals surface area contributed by atoms with E-state index in [0.717, 1.165) is 19.3 Å². The van der Waals surface area contributed by atoms with Crippen molar-refractivity contribution in [1.82, 2.24) is 4.72 Å². The molecule has 0 spiro atoms. The van der Waals surface area contributed by atoms with Crippen molar-refractivity contribution in [3.63, 3.8) is 0 Å². The van der Waals surface area contributed by atoms with Gasteiger partial charge in [-0.3, -0.25) is 0 Å². The first-order valence-electron chi connectivity index (χ1n) is 5.98. The molecule has 1 aliphatic rings. The van der Waals surface area contributed by atoms with Gasteiger partial charge in [-0.25, -0.2) is 13.1 Å². The number of nitrogens with one attached hydrogen (secondary N) is 1. The summed E-state index contributed by atoms with van der Waals surface area (Å²) in [7, 11) is -3.64. The predicted octanol–water partition coefficient (Wildman–Crippen LogP) is 2.07. The summed E-state index contributed by atoms with van der Waals surface area (Å²) in [6.07, 6.45) is 2.48. The molecule has 0 heterocycles. The summed E-state index contributed by atoms with van der Waals surface area (Å²) >= 11 is 10.9. The fourth-order valence-corrected chi connectivity index (χ4v) is 4.48. The van der Waals surface area contributed by atoms with Gasteiger partial charge in [-0.15, -0.1) is 0 Å². The number of rotatable bonds is 4. The molecule has 4 nitrogen and oxygen atoms in total. The molecule has 19 heavy (non-hydrogen) atoms. The highest BCUT2D eigenvalue weighted by atomic mass is 35.5. The Morgan fingerprint density at radius 2 is 2.05 bits per heavy atom. The second-order valence-electron chi connectivity index (χ2n) is 4.60. The molecule has 2 rings (SSSR count). The van der Waals surface area contributed by atoms with Crippen molar-refractivity contribution in [2.75, 3.05) is 0 Å². The van der Waals surface area contributed by atoms with Crippen LogP contribution in [0.1, 0.15) is 19.3 Å². The van der Waals surface area contributed by atoms with Crippen LogP contribution in [0.25, 0.3) is 0 Å². The topological polar surface area (TPSA) is 72.2 Å². The number of hydrogen-bond donors (Lipinski definition) is 2. The molecule has 0 radical (unpaired) electrons. The Morgan fingerprint density at radius 3 is 2.68 bits per heavy atom. The van der Waals surface area contributed by atoms with E-state index in [9.17, 15) is 8.42 Å². The van der Waals surface area contributed by atoms with E-state index in [1.54, 1.807) is 18.2 Å². The van der Waals surface area contributed by atoms with Gasteiger partial charge in [-0.05, 0) is 25.0 Å². The number of benzene rings is 1. The Balaban J connectivity index is 2.23. The molecule has 2 atom stereocenters. The molecule has 0 saturated heterocycles. The number of sulfonamides is 1. The first kappa shape index (κ1) is 14.7. The highest BCUT2D eigenvalue weighted by Gasteiger charge is 2.33. The molecule has 1 aromatic rings. The SMILES string of the molecule is NC(=S)C1CCCC1NS(=O)(=O)c1ccccc1Cl. The van der Waals surface area contributed by atoms with Crippen molar-refractivity contribution in [3.05, 3.63) is 29.3 Å². The zero-order valence-corrected chi connectivity index (χ0v) is 12.6. The molecule has 104 valence electrons. The van der Waals surface area contributed by atoms with Crippen LogP contribution in [0.2, 0.25) is 5.02 Å². The first-order valence-corrected chi connectivity index (χ1v) is 8.25. The van der Waals surface area contributed by atoms with E-state index in [1.165, 1.54) is 6.07 Å². The lowest BCUT2D eigenvalue weighted by molar-refractivity contribution is 0.525. The Hall–Kier alpha value is -0.690. The van der Waals surface area contributed by atoms with Crippen molar-refractivity contribution < 1.29 is 8.42 Å². The van der Waals surface area contributed by atoms with E-state index < -0.39 is 10.0 Å². The summed E-state index contributed by atoms with van der Waals surface area (Å²) in [5.74, 6) is -0.0766. The summed E-state index contributed by atoms with van der Waals surface area (Å²) in [5, 5.41) is 0.208. The maximum atomic E-state index is 12.3. The molecule has 3 N–H and O–H groups in total. The van der Waals surface area contributed by atoms with Crippen LogP contribution in [0.15, 0.2) is 29.2 Å². The lowest BCUT2D eigenvalue weighted by Gasteiger charge is -2.20. The third-order valence-electron chi connectivity index (χ3n) is 3.31. The summed E-state index contributed by atoms with van der Waals surface area (Å²) in [5.41, 5.74) is 5.65. The molecule has 0 aliphatic heterocycles. The highest BCUT2D eigenvalue weighted by molar-refractivity contribution is 7.89. The van der Waals surface area contributed by atoms with E-state index in [2.05, 4.69) is 4.72 Å². The van der Waals surface area contributed by atoms with Gasteiger partial charge >= 0.3 is 0 Å². The van der Waals surface area contributed by atoms with Crippen molar-refractivity contribution in [2.24, 2.45) is 11.7 Å². The fourth-order valence-electron chi connectivity index (χ4n) is 2.37. The quantitative estimate of drug-likeness (QED) is 0.834. The van der Waals surface area contributed by atoms with Crippen LogP contribution in [0.5, 0.6) is 0 Å². The fraction of sp³-hybridized carbons (Fsp3) is 0.417. The van der Waals surface area contributed by atoms with E-state index in [4.69, 9.17) is 29.6 Å². The van der Waals surface area contributed by atoms with E-state index in [1.807, 2.05) is 0 Å². The molecule has 1 saturated carbocycles. The van der Waals surface area contributed by atoms with Crippen LogP contribution in [-0.4, -0.2) is 19.4 Å². The zero-order chi connectivity index (χ0) is 14.0. The van der Waals surface area contributed by atoms with Crippen molar-refractivity contribution in [2.45, 2.75) is 30.2 Å². The number of nitrogens with two attached hydrogens (primary N) is 1. The van der Waals surface area contributed by atoms with Crippen LogP contribution in [0, 0.1) is 5.92 Å². The van der Waals surface area contributed by atoms with Gasteiger partial charge in [0.05, 0.1) is 10.0 Å². The average molecular weight is 319 g/mol. The number of hydrogen-bond acceptors (Lipinski definition) is 3. The van der Waals surface area contributed by atoms with Crippen molar-refractivity contribution >= 4 is 38.8 Å². The molecule has 0 bridgehead atoms. The van der Waals surface area contributed by atoms with Crippen LogP contribution in [0.3, 0.4) is 0 Å². The molecule has 7 heteroatoms. The van der Waals surface area contributed by atoms with Gasteiger partial charge < -0.3 is 5.73 Å². The predicted molar refractivity (Wildman–Crippen MR) is 79.7 cm³/mol. The van der Waals surface area contributed by atoms with Crippen LogP contribution >= 0.6 is 23.8 Å². The Labute approximate surface area is 123 Å². The second-order valence-corrected chi connectivity index (χ2v) is 7.16. The van der Waals surface area contributed by atoms with Gasteiger partial charge in [0.15, 0.2) is 0 Å². The zero-order valence-electron chi connectivity index (χ0n) is 10.2. The summed E-state index contributed by atoms with van der Waals surface area (Å²) in [4.78, 5) is 0.453. The van der Waals surface area contributed by atoms with Gasteiger partial charge in [0, 0.05) is 12.0 Å². The molecule has 0 aromatic heterocycles. The standard InChI is InChI=1S/C12H15ClN2O2S2/c13-9-5-1-2-7-11(9)19(16,17)15-10-6-3-4-8(10)12(14)18/h1-2,5,7-8,10,15H,3-4,6H2,(H2,14,18). The molecule has 0 amide bonds. The Morgan fingerprint density at radius 1 is 1.37 bits per heavy atom. The van der Waals surface area contributed by atoms with Crippen LogP contribution < -0.4 is 10.5 Å². The first-order chi connectivity index (χ1) is 8.92. The van der Waals surface area contributed by atoms with Gasteiger partial charge in [-0.1, -0.05) is 42.4 Å². The largest absolute Gasteiger partial charge is 0.393 e. The highest BCUT2D eigenvalue weighted by Crippen LogP contribution is 2.28. The maximum Gasteiger partial charge on any atom is 0.242 e. The molecule has 1 aliphatic carbocycles. The minimum atomic E-state index is -3.64. The molecule has 2 unspecified atom stereocenters. The van der Waals surface area contributed by atoms with E-state index in [-0.39, 0.29) is 21.9 Å². The van der Waals surface area contributed by atoms with Crippen molar-refractivity contribution in [1.29, 1.82) is 0 Å². The third kappa shape index (κ3) is 3.25. The third-order valence-corrected chi connectivity index (χ3v) is 5.61. The number of thiocarbonyl (C=S) groups is 1. The van der Waals surface area contributed by atoms with E-state index in [0.29, 0.717) is 4.99 Å². The van der Waals surface area contributed by atoms with Crippen LogP contribution in [-0.2, 0) is 10.0 Å². The smallest absolute Gasteiger partial charge is 0.242 e. The van der Waals surface area contributed by atoms with Crippen LogP contribution in [0.4, 0.5) is 0 Å². The maximum absolute atomic E-state index is 12.3. The molecule has 1 aromatic carbocycles. The monoisotopic (exact) mass is 318 g/mol. The molecule has 1 fully saturated rings. The summed E-state index contributed by atoms with van der Waals surface area (Å²) in [6, 6.07) is 6.12. The lowest BCUT2D eigenvalue weighted by atomic mass is 10.1. The number of halogens is 1. The van der Waals surface area contributed by atoms with Gasteiger partial charge in [0.2, 0.25) is 10.0 Å². The summed E-state index contributed by atoms with van der Waals surface area (Å²) in [6.45, 7) is 0. The molecular formula is C12H15ClN2O2S2.